The summed E-state index contributed by atoms with van der Waals surface area (Å²) >= 11 is 3.52. The van der Waals surface area contributed by atoms with Crippen molar-refractivity contribution in [2.45, 2.75) is 13.3 Å². The van der Waals surface area contributed by atoms with Crippen molar-refractivity contribution in [1.82, 2.24) is 9.97 Å². The monoisotopic (exact) mass is 296 g/mol. The van der Waals surface area contributed by atoms with Gasteiger partial charge in [0.1, 0.15) is 10.6 Å². The van der Waals surface area contributed by atoms with Gasteiger partial charge < -0.3 is 10.2 Å². The van der Waals surface area contributed by atoms with E-state index in [9.17, 15) is 0 Å². The van der Waals surface area contributed by atoms with Crippen LogP contribution in [0.1, 0.15) is 13.3 Å². The average molecular weight is 296 g/mol. The predicted molar refractivity (Wildman–Crippen MR) is 87.8 cm³/mol. The molecule has 2 heterocycles. The molecule has 0 aliphatic rings. The Hall–Kier alpha value is -1.01. The summed E-state index contributed by atoms with van der Waals surface area (Å²) in [5.74, 6) is 2.87. The summed E-state index contributed by atoms with van der Waals surface area (Å²) in [7, 11) is 2.10. The minimum atomic E-state index is 0.739. The number of hydrogen-bond donors (Lipinski definition) is 1. The summed E-state index contributed by atoms with van der Waals surface area (Å²) in [6.07, 6.45) is 3.20. The zero-order valence-electron chi connectivity index (χ0n) is 11.6. The molecule has 0 saturated heterocycles. The van der Waals surface area contributed by atoms with Crippen LogP contribution in [0.2, 0.25) is 0 Å². The zero-order chi connectivity index (χ0) is 13.7. The minimum Gasteiger partial charge on any atom is -0.358 e. The van der Waals surface area contributed by atoms with Crippen LogP contribution in [0.15, 0.2) is 11.4 Å². The summed E-state index contributed by atoms with van der Waals surface area (Å²) in [6.45, 7) is 4.05. The molecule has 19 heavy (non-hydrogen) atoms. The largest absolute Gasteiger partial charge is 0.358 e. The topological polar surface area (TPSA) is 41.1 Å². The highest BCUT2D eigenvalue weighted by atomic mass is 32.2. The summed E-state index contributed by atoms with van der Waals surface area (Å²) in [5.41, 5.74) is 0. The van der Waals surface area contributed by atoms with Gasteiger partial charge >= 0.3 is 0 Å². The van der Waals surface area contributed by atoms with E-state index in [1.165, 1.54) is 0 Å². The lowest BCUT2D eigenvalue weighted by molar-refractivity contribution is 0.929. The Labute approximate surface area is 122 Å². The first-order chi connectivity index (χ1) is 9.26. The Bertz CT molecular complexity index is 526. The van der Waals surface area contributed by atoms with E-state index in [1.807, 2.05) is 11.8 Å². The first kappa shape index (κ1) is 14.4. The van der Waals surface area contributed by atoms with E-state index >= 15 is 0 Å². The second kappa shape index (κ2) is 6.96. The van der Waals surface area contributed by atoms with E-state index in [4.69, 9.17) is 0 Å². The van der Waals surface area contributed by atoms with Gasteiger partial charge in [-0.05, 0) is 24.1 Å². The molecule has 2 aromatic heterocycles. The zero-order valence-corrected chi connectivity index (χ0v) is 13.3. The van der Waals surface area contributed by atoms with E-state index < -0.39 is 0 Å². The number of nitrogens with zero attached hydrogens (tertiary/aromatic N) is 3. The van der Waals surface area contributed by atoms with E-state index in [0.717, 1.165) is 47.2 Å². The molecule has 2 rings (SSSR count). The quantitative estimate of drug-likeness (QED) is 0.849. The van der Waals surface area contributed by atoms with Crippen LogP contribution >= 0.6 is 23.1 Å². The highest BCUT2D eigenvalue weighted by Gasteiger charge is 2.12. The molecular weight excluding hydrogens is 276 g/mol. The molecule has 0 bridgehead atoms. The molecule has 104 valence electrons. The first-order valence-corrected chi connectivity index (χ1v) is 8.72. The number of rotatable bonds is 7. The lowest BCUT2D eigenvalue weighted by Gasteiger charge is -2.19. The van der Waals surface area contributed by atoms with Gasteiger partial charge in [0.25, 0.3) is 0 Å². The Morgan fingerprint density at radius 2 is 2.26 bits per heavy atom. The van der Waals surface area contributed by atoms with Crippen LogP contribution in [-0.4, -0.2) is 42.1 Å². The van der Waals surface area contributed by atoms with Crippen LogP contribution in [0.4, 0.5) is 11.8 Å². The second-order valence-electron chi connectivity index (χ2n) is 4.35. The molecule has 0 radical (unpaired) electrons. The van der Waals surface area contributed by atoms with Gasteiger partial charge in [0.15, 0.2) is 0 Å². The minimum absolute atomic E-state index is 0.739. The molecule has 0 spiro atoms. The molecule has 0 saturated carbocycles. The van der Waals surface area contributed by atoms with Crippen LogP contribution in [-0.2, 0) is 0 Å². The second-order valence-corrected chi connectivity index (χ2v) is 6.23. The summed E-state index contributed by atoms with van der Waals surface area (Å²) in [4.78, 5) is 12.5. The maximum absolute atomic E-state index is 4.66. The van der Waals surface area contributed by atoms with Gasteiger partial charge in [-0.25, -0.2) is 4.98 Å². The number of aromatic nitrogens is 2. The molecule has 0 atom stereocenters. The van der Waals surface area contributed by atoms with Crippen LogP contribution in [0.25, 0.3) is 10.2 Å². The Morgan fingerprint density at radius 1 is 1.42 bits per heavy atom. The van der Waals surface area contributed by atoms with Crippen molar-refractivity contribution in [3.8, 4) is 0 Å². The van der Waals surface area contributed by atoms with Crippen molar-refractivity contribution in [1.29, 1.82) is 0 Å². The van der Waals surface area contributed by atoms with Crippen LogP contribution in [0.5, 0.6) is 0 Å². The van der Waals surface area contributed by atoms with Gasteiger partial charge in [-0.1, -0.05) is 6.92 Å². The summed E-state index contributed by atoms with van der Waals surface area (Å²) < 4.78 is 0. The third kappa shape index (κ3) is 3.51. The molecule has 0 unspecified atom stereocenters. The molecule has 1 N–H and O–H groups in total. The molecule has 2 aromatic rings. The van der Waals surface area contributed by atoms with Crippen molar-refractivity contribution in [3.63, 3.8) is 0 Å². The SMILES string of the molecule is CCCNc1nc(N(C)CCSC)c2ccsc2n1. The molecular formula is C13H20N4S2. The lowest BCUT2D eigenvalue weighted by atomic mass is 10.3. The van der Waals surface area contributed by atoms with Crippen molar-refractivity contribution in [2.75, 3.05) is 42.4 Å². The summed E-state index contributed by atoms with van der Waals surface area (Å²) in [6, 6.07) is 2.11. The fourth-order valence-corrected chi connectivity index (χ4v) is 3.00. The number of anilines is 2. The van der Waals surface area contributed by atoms with Crippen LogP contribution < -0.4 is 10.2 Å². The number of thioether (sulfide) groups is 1. The molecule has 0 aromatic carbocycles. The smallest absolute Gasteiger partial charge is 0.226 e. The third-order valence-electron chi connectivity index (χ3n) is 2.83. The van der Waals surface area contributed by atoms with Gasteiger partial charge in [0.05, 0.1) is 5.39 Å². The van der Waals surface area contributed by atoms with Gasteiger partial charge in [0.2, 0.25) is 5.95 Å². The lowest BCUT2D eigenvalue weighted by Crippen LogP contribution is -2.22. The van der Waals surface area contributed by atoms with E-state index in [0.29, 0.717) is 0 Å². The van der Waals surface area contributed by atoms with Crippen molar-refractivity contribution < 1.29 is 0 Å². The van der Waals surface area contributed by atoms with Gasteiger partial charge in [-0.2, -0.15) is 16.7 Å². The van der Waals surface area contributed by atoms with Crippen molar-refractivity contribution in [2.24, 2.45) is 0 Å². The number of hydrogen-bond acceptors (Lipinski definition) is 6. The molecule has 0 amide bonds. The van der Waals surface area contributed by atoms with E-state index in [-0.39, 0.29) is 0 Å². The van der Waals surface area contributed by atoms with Gasteiger partial charge in [-0.3, -0.25) is 0 Å². The number of nitrogens with one attached hydrogen (secondary N) is 1. The Kier molecular flexibility index (Phi) is 5.27. The van der Waals surface area contributed by atoms with E-state index in [1.54, 1.807) is 11.3 Å². The number of thiophene rings is 1. The maximum Gasteiger partial charge on any atom is 0.226 e. The van der Waals surface area contributed by atoms with Crippen molar-refractivity contribution >= 4 is 45.1 Å². The standard InChI is InChI=1S/C13H20N4S2/c1-4-6-14-13-15-11(17(2)7-9-18-3)10-5-8-19-12(10)16-13/h5,8H,4,6-7,9H2,1-3H3,(H,14,15,16). The predicted octanol–water partition coefficient (Wildman–Crippen LogP) is 3.31. The molecule has 6 heteroatoms. The highest BCUT2D eigenvalue weighted by molar-refractivity contribution is 7.98. The van der Waals surface area contributed by atoms with Crippen LogP contribution in [0.3, 0.4) is 0 Å². The number of fused-ring (bicyclic) bond motifs is 1. The molecule has 0 aliphatic carbocycles. The fourth-order valence-electron chi connectivity index (χ4n) is 1.78. The van der Waals surface area contributed by atoms with E-state index in [2.05, 4.69) is 51.9 Å². The molecule has 0 aliphatic heterocycles. The fraction of sp³-hybridized carbons (Fsp3) is 0.538. The van der Waals surface area contributed by atoms with Crippen LogP contribution in [0, 0.1) is 0 Å². The van der Waals surface area contributed by atoms with Gasteiger partial charge in [-0.15, -0.1) is 11.3 Å². The first-order valence-electron chi connectivity index (χ1n) is 6.45. The molecule has 4 nitrogen and oxygen atoms in total. The third-order valence-corrected chi connectivity index (χ3v) is 4.23. The normalized spacial score (nSPS) is 10.9. The summed E-state index contributed by atoms with van der Waals surface area (Å²) in [5, 5.41) is 6.51. The van der Waals surface area contributed by atoms with Crippen molar-refractivity contribution in [3.05, 3.63) is 11.4 Å². The highest BCUT2D eigenvalue weighted by Crippen LogP contribution is 2.28. The average Bonchev–Trinajstić information content (AvgIpc) is 2.89. The Balaban J connectivity index is 2.30. The Morgan fingerprint density at radius 3 is 3.00 bits per heavy atom. The van der Waals surface area contributed by atoms with Gasteiger partial charge in [0, 0.05) is 25.9 Å². The molecule has 0 fully saturated rings. The maximum atomic E-state index is 4.66.